The molecule has 0 bridgehead atoms. The number of hydrogen-bond donors (Lipinski definition) is 2. The van der Waals surface area contributed by atoms with Crippen molar-refractivity contribution in [2.24, 2.45) is 0 Å². The fourth-order valence-corrected chi connectivity index (χ4v) is 2.37. The molecule has 0 aliphatic heterocycles. The molecule has 2 aromatic carbocycles. The van der Waals surface area contributed by atoms with Gasteiger partial charge < -0.3 is 29.6 Å². The van der Waals surface area contributed by atoms with Gasteiger partial charge in [0.1, 0.15) is 18.1 Å². The van der Waals surface area contributed by atoms with E-state index in [4.69, 9.17) is 14.2 Å². The second-order valence-electron chi connectivity index (χ2n) is 5.71. The summed E-state index contributed by atoms with van der Waals surface area (Å²) < 4.78 is 20.0. The van der Waals surface area contributed by atoms with Crippen LogP contribution < -0.4 is 20.1 Å². The van der Waals surface area contributed by atoms with Gasteiger partial charge in [0.15, 0.2) is 6.61 Å². The maximum absolute atomic E-state index is 12.4. The van der Waals surface area contributed by atoms with Crippen LogP contribution in [0.2, 0.25) is 0 Å². The predicted octanol–water partition coefficient (Wildman–Crippen LogP) is 2.08. The molecule has 2 rings (SSSR count). The van der Waals surface area contributed by atoms with Crippen LogP contribution in [0.4, 0.5) is 11.4 Å². The van der Waals surface area contributed by atoms with Gasteiger partial charge in [-0.2, -0.15) is 0 Å². The van der Waals surface area contributed by atoms with Crippen molar-refractivity contribution in [2.45, 2.75) is 0 Å². The Kier molecular flexibility index (Phi) is 7.99. The normalized spacial score (nSPS) is 10.0. The van der Waals surface area contributed by atoms with Gasteiger partial charge in [0, 0.05) is 24.8 Å². The van der Waals surface area contributed by atoms with E-state index in [0.29, 0.717) is 17.0 Å². The summed E-state index contributed by atoms with van der Waals surface area (Å²) in [5, 5.41) is 5.32. The Balaban J connectivity index is 2.15. The number of benzene rings is 2. The van der Waals surface area contributed by atoms with Crippen LogP contribution >= 0.6 is 0 Å². The maximum Gasteiger partial charge on any atom is 0.332 e. The number of carbonyl (C=O) groups excluding carboxylic acids is 3. The minimum atomic E-state index is -0.661. The van der Waals surface area contributed by atoms with Gasteiger partial charge in [0.05, 0.1) is 25.6 Å². The third-order valence-electron chi connectivity index (χ3n) is 3.71. The molecule has 0 aliphatic rings. The molecule has 0 unspecified atom stereocenters. The molecule has 29 heavy (non-hydrogen) atoms. The Bertz CT molecular complexity index is 869. The van der Waals surface area contributed by atoms with E-state index < -0.39 is 18.5 Å². The van der Waals surface area contributed by atoms with Gasteiger partial charge >= 0.3 is 5.97 Å². The molecule has 2 amide bonds. The quantitative estimate of drug-likeness (QED) is 0.618. The van der Waals surface area contributed by atoms with Crippen LogP contribution in [0.25, 0.3) is 0 Å². The number of nitrogens with one attached hydrogen (secondary N) is 2. The first kappa shape index (κ1) is 21.7. The van der Waals surface area contributed by atoms with Gasteiger partial charge in [-0.05, 0) is 12.1 Å². The van der Waals surface area contributed by atoms with Crippen LogP contribution in [-0.4, -0.2) is 52.3 Å². The SMILES string of the molecule is COCC(=O)OCC(=O)Nc1cc(OC)c(NC(=O)c2ccccc2)cc1OC. The van der Waals surface area contributed by atoms with Crippen molar-refractivity contribution < 1.29 is 33.3 Å². The standard InChI is InChI=1S/C20H22N2O7/c1-26-12-19(24)29-11-18(23)21-14-9-17(28-3)15(10-16(14)27-2)22-20(25)13-7-5-4-6-8-13/h4-10H,11-12H2,1-3H3,(H,21,23)(H,22,25). The van der Waals surface area contributed by atoms with Gasteiger partial charge in [-0.15, -0.1) is 0 Å². The van der Waals surface area contributed by atoms with Crippen LogP contribution in [0.1, 0.15) is 10.4 Å². The lowest BCUT2D eigenvalue weighted by atomic mass is 10.2. The van der Waals surface area contributed by atoms with Crippen molar-refractivity contribution >= 4 is 29.2 Å². The summed E-state index contributed by atoms with van der Waals surface area (Å²) in [6.45, 7) is -0.736. The lowest BCUT2D eigenvalue weighted by Gasteiger charge is -2.16. The Morgan fingerprint density at radius 3 is 1.97 bits per heavy atom. The van der Waals surface area contributed by atoms with Crippen molar-refractivity contribution in [3.05, 3.63) is 48.0 Å². The van der Waals surface area contributed by atoms with Gasteiger partial charge in [-0.3, -0.25) is 9.59 Å². The van der Waals surface area contributed by atoms with Crippen LogP contribution in [0.5, 0.6) is 11.5 Å². The first-order valence-electron chi connectivity index (χ1n) is 8.55. The summed E-state index contributed by atoms with van der Waals surface area (Å²) in [7, 11) is 4.19. The van der Waals surface area contributed by atoms with Crippen molar-refractivity contribution in [2.75, 3.05) is 45.2 Å². The van der Waals surface area contributed by atoms with Crippen LogP contribution in [0.15, 0.2) is 42.5 Å². The second kappa shape index (κ2) is 10.7. The zero-order valence-corrected chi connectivity index (χ0v) is 16.3. The predicted molar refractivity (Wildman–Crippen MR) is 105 cm³/mol. The summed E-state index contributed by atoms with van der Waals surface area (Å²) >= 11 is 0. The number of rotatable bonds is 9. The van der Waals surface area contributed by atoms with Gasteiger partial charge in [-0.25, -0.2) is 4.79 Å². The fraction of sp³-hybridized carbons (Fsp3) is 0.250. The molecule has 0 aromatic heterocycles. The molecule has 0 saturated heterocycles. The molecule has 0 fully saturated rings. The second-order valence-corrected chi connectivity index (χ2v) is 5.71. The van der Waals surface area contributed by atoms with Crippen LogP contribution in [0, 0.1) is 0 Å². The summed E-state index contributed by atoms with van der Waals surface area (Å²) in [5.41, 5.74) is 1.13. The minimum absolute atomic E-state index is 0.250. The largest absolute Gasteiger partial charge is 0.494 e. The smallest absolute Gasteiger partial charge is 0.332 e. The summed E-state index contributed by atoms with van der Waals surface area (Å²) in [6, 6.07) is 11.7. The topological polar surface area (TPSA) is 112 Å². The molecule has 0 atom stereocenters. The number of methoxy groups -OCH3 is 3. The fourth-order valence-electron chi connectivity index (χ4n) is 2.37. The first-order chi connectivity index (χ1) is 14.0. The van der Waals surface area contributed by atoms with Gasteiger partial charge in [-0.1, -0.05) is 18.2 Å². The van der Waals surface area contributed by atoms with E-state index in [1.807, 2.05) is 6.07 Å². The molecule has 9 heteroatoms. The van der Waals surface area contributed by atoms with Crippen LogP contribution in [0.3, 0.4) is 0 Å². The highest BCUT2D eigenvalue weighted by atomic mass is 16.6. The summed E-state index contributed by atoms with van der Waals surface area (Å²) in [6.07, 6.45) is 0. The zero-order chi connectivity index (χ0) is 21.2. The highest BCUT2D eigenvalue weighted by Crippen LogP contribution is 2.36. The Hall–Kier alpha value is -3.59. The lowest BCUT2D eigenvalue weighted by Crippen LogP contribution is -2.23. The third kappa shape index (κ3) is 6.22. The van der Waals surface area contributed by atoms with Crippen molar-refractivity contribution in [3.63, 3.8) is 0 Å². The molecule has 0 aliphatic carbocycles. The van der Waals surface area contributed by atoms with Crippen LogP contribution in [-0.2, 0) is 19.1 Å². The van der Waals surface area contributed by atoms with E-state index >= 15 is 0 Å². The highest BCUT2D eigenvalue weighted by Gasteiger charge is 2.17. The van der Waals surface area contributed by atoms with Crippen molar-refractivity contribution in [1.29, 1.82) is 0 Å². The number of amides is 2. The number of hydrogen-bond acceptors (Lipinski definition) is 7. The third-order valence-corrected chi connectivity index (χ3v) is 3.71. The molecule has 0 saturated carbocycles. The molecule has 2 aromatic rings. The lowest BCUT2D eigenvalue weighted by molar-refractivity contribution is -0.150. The molecule has 154 valence electrons. The molecule has 0 radical (unpaired) electrons. The van der Waals surface area contributed by atoms with Gasteiger partial charge in [0.25, 0.3) is 11.8 Å². The highest BCUT2D eigenvalue weighted by molar-refractivity contribution is 6.05. The Morgan fingerprint density at radius 2 is 1.41 bits per heavy atom. The van der Waals surface area contributed by atoms with E-state index in [0.717, 1.165) is 0 Å². The first-order valence-corrected chi connectivity index (χ1v) is 8.55. The molecular formula is C20H22N2O7. The maximum atomic E-state index is 12.4. The number of anilines is 2. The zero-order valence-electron chi connectivity index (χ0n) is 16.3. The molecule has 0 heterocycles. The van der Waals surface area contributed by atoms with E-state index in [1.54, 1.807) is 24.3 Å². The van der Waals surface area contributed by atoms with E-state index in [2.05, 4.69) is 15.4 Å². The average Bonchev–Trinajstić information content (AvgIpc) is 2.73. The summed E-state index contributed by atoms with van der Waals surface area (Å²) in [5.74, 6) is -0.970. The van der Waals surface area contributed by atoms with E-state index in [9.17, 15) is 14.4 Å². The number of esters is 1. The minimum Gasteiger partial charge on any atom is -0.494 e. The van der Waals surface area contributed by atoms with E-state index in [-0.39, 0.29) is 24.0 Å². The number of carbonyl (C=O) groups is 3. The van der Waals surface area contributed by atoms with E-state index in [1.165, 1.54) is 33.5 Å². The summed E-state index contributed by atoms with van der Waals surface area (Å²) in [4.78, 5) is 35.7. The molecular weight excluding hydrogens is 380 g/mol. The molecule has 9 nitrogen and oxygen atoms in total. The Labute approximate surface area is 167 Å². The van der Waals surface area contributed by atoms with Crippen molar-refractivity contribution in [1.82, 2.24) is 0 Å². The monoisotopic (exact) mass is 402 g/mol. The average molecular weight is 402 g/mol. The Morgan fingerprint density at radius 1 is 0.828 bits per heavy atom. The number of ether oxygens (including phenoxy) is 4. The molecule has 2 N–H and O–H groups in total. The molecule has 0 spiro atoms. The van der Waals surface area contributed by atoms with Gasteiger partial charge in [0.2, 0.25) is 0 Å². The van der Waals surface area contributed by atoms with Crippen molar-refractivity contribution in [3.8, 4) is 11.5 Å².